The van der Waals surface area contributed by atoms with Crippen molar-refractivity contribution in [1.82, 2.24) is 9.97 Å². The number of carbonyl (C=O) groups is 1. The summed E-state index contributed by atoms with van der Waals surface area (Å²) in [6.07, 6.45) is 3.21. The van der Waals surface area contributed by atoms with Crippen LogP contribution in [0.2, 0.25) is 0 Å². The molecule has 2 rings (SSSR count). The highest BCUT2D eigenvalue weighted by Gasteiger charge is 2.08. The SMILES string of the molecule is CC(=O)c1c[nH]c2ncc(N)cc12. The van der Waals surface area contributed by atoms with Gasteiger partial charge in [-0.1, -0.05) is 0 Å². The Hall–Kier alpha value is -1.84. The molecule has 0 atom stereocenters. The van der Waals surface area contributed by atoms with Crippen LogP contribution in [0, 0.1) is 0 Å². The molecule has 0 unspecified atom stereocenters. The number of nitrogens with two attached hydrogens (primary N) is 1. The summed E-state index contributed by atoms with van der Waals surface area (Å²) in [7, 11) is 0. The second-order valence-corrected chi connectivity index (χ2v) is 2.92. The van der Waals surface area contributed by atoms with Crippen molar-refractivity contribution in [3.05, 3.63) is 24.0 Å². The van der Waals surface area contributed by atoms with Crippen LogP contribution in [-0.2, 0) is 0 Å². The zero-order chi connectivity index (χ0) is 9.42. The molecule has 3 N–H and O–H groups in total. The molecule has 0 aromatic carbocycles. The van der Waals surface area contributed by atoms with Crippen LogP contribution in [0.5, 0.6) is 0 Å². The van der Waals surface area contributed by atoms with E-state index in [0.717, 1.165) is 5.39 Å². The monoisotopic (exact) mass is 175 g/mol. The second kappa shape index (κ2) is 2.58. The highest BCUT2D eigenvalue weighted by molar-refractivity contribution is 6.06. The molecule has 0 saturated heterocycles. The molecule has 0 aliphatic carbocycles. The van der Waals surface area contributed by atoms with Crippen molar-refractivity contribution in [2.45, 2.75) is 6.92 Å². The third-order valence-electron chi connectivity index (χ3n) is 1.93. The van der Waals surface area contributed by atoms with E-state index in [0.29, 0.717) is 16.9 Å². The summed E-state index contributed by atoms with van der Waals surface area (Å²) in [5, 5.41) is 0.785. The van der Waals surface area contributed by atoms with Crippen molar-refractivity contribution in [1.29, 1.82) is 0 Å². The molecule has 66 valence electrons. The van der Waals surface area contributed by atoms with Gasteiger partial charge < -0.3 is 10.7 Å². The molecule has 0 aliphatic heterocycles. The van der Waals surface area contributed by atoms with Crippen molar-refractivity contribution in [2.24, 2.45) is 0 Å². The van der Waals surface area contributed by atoms with E-state index in [4.69, 9.17) is 5.73 Å². The van der Waals surface area contributed by atoms with Gasteiger partial charge in [0.05, 0.1) is 11.9 Å². The Morgan fingerprint density at radius 1 is 1.62 bits per heavy atom. The largest absolute Gasteiger partial charge is 0.397 e. The van der Waals surface area contributed by atoms with E-state index in [1.807, 2.05) is 0 Å². The van der Waals surface area contributed by atoms with Gasteiger partial charge in [-0.15, -0.1) is 0 Å². The number of pyridine rings is 1. The van der Waals surface area contributed by atoms with E-state index in [1.165, 1.54) is 6.92 Å². The number of H-pyrrole nitrogens is 1. The number of Topliss-reactive ketones (excluding diaryl/α,β-unsaturated/α-hetero) is 1. The highest BCUT2D eigenvalue weighted by atomic mass is 16.1. The van der Waals surface area contributed by atoms with Crippen LogP contribution < -0.4 is 5.73 Å². The average molecular weight is 175 g/mol. The zero-order valence-electron chi connectivity index (χ0n) is 7.16. The van der Waals surface area contributed by atoms with Crippen LogP contribution in [0.1, 0.15) is 17.3 Å². The Labute approximate surface area is 74.8 Å². The van der Waals surface area contributed by atoms with E-state index >= 15 is 0 Å². The topological polar surface area (TPSA) is 71.8 Å². The number of rotatable bonds is 1. The first-order valence-corrected chi connectivity index (χ1v) is 3.92. The summed E-state index contributed by atoms with van der Waals surface area (Å²) in [5.41, 5.74) is 7.46. The van der Waals surface area contributed by atoms with Gasteiger partial charge in [0.25, 0.3) is 0 Å². The van der Waals surface area contributed by atoms with Gasteiger partial charge in [-0.25, -0.2) is 4.98 Å². The standard InChI is InChI=1S/C9H9N3O/c1-5(13)8-4-12-9-7(8)2-6(10)3-11-9/h2-4H,10H2,1H3,(H,11,12). The molecule has 0 spiro atoms. The first kappa shape index (κ1) is 7.79. The van der Waals surface area contributed by atoms with Gasteiger partial charge in [0.15, 0.2) is 5.78 Å². The average Bonchev–Trinajstić information content (AvgIpc) is 2.46. The Morgan fingerprint density at radius 2 is 2.38 bits per heavy atom. The minimum atomic E-state index is 0.0126. The summed E-state index contributed by atoms with van der Waals surface area (Å²) in [6.45, 7) is 1.52. The highest BCUT2D eigenvalue weighted by Crippen LogP contribution is 2.18. The molecule has 0 aliphatic rings. The number of carbonyl (C=O) groups excluding carboxylic acids is 1. The smallest absolute Gasteiger partial charge is 0.162 e. The van der Waals surface area contributed by atoms with E-state index in [9.17, 15) is 4.79 Å². The van der Waals surface area contributed by atoms with E-state index in [-0.39, 0.29) is 5.78 Å². The molecule has 0 fully saturated rings. The zero-order valence-corrected chi connectivity index (χ0v) is 7.16. The van der Waals surface area contributed by atoms with Gasteiger partial charge in [0.1, 0.15) is 5.65 Å². The number of hydrogen-bond acceptors (Lipinski definition) is 3. The minimum Gasteiger partial charge on any atom is -0.397 e. The van der Waals surface area contributed by atoms with Crippen LogP contribution >= 0.6 is 0 Å². The fourth-order valence-corrected chi connectivity index (χ4v) is 1.31. The summed E-state index contributed by atoms with van der Waals surface area (Å²) in [4.78, 5) is 18.1. The van der Waals surface area contributed by atoms with Crippen LogP contribution in [-0.4, -0.2) is 15.8 Å². The van der Waals surface area contributed by atoms with Crippen molar-refractivity contribution in [2.75, 3.05) is 5.73 Å². The van der Waals surface area contributed by atoms with Gasteiger partial charge in [-0.05, 0) is 13.0 Å². The maximum Gasteiger partial charge on any atom is 0.162 e. The lowest BCUT2D eigenvalue weighted by Crippen LogP contribution is -1.91. The lowest BCUT2D eigenvalue weighted by atomic mass is 10.1. The number of hydrogen-bond donors (Lipinski definition) is 2. The molecule has 0 bridgehead atoms. The number of nitrogens with zero attached hydrogens (tertiary/aromatic N) is 1. The fraction of sp³-hybridized carbons (Fsp3) is 0.111. The number of aromatic nitrogens is 2. The third-order valence-corrected chi connectivity index (χ3v) is 1.93. The normalized spacial score (nSPS) is 10.5. The molecule has 4 heteroatoms. The van der Waals surface area contributed by atoms with Gasteiger partial charge in [0.2, 0.25) is 0 Å². The number of nitrogens with one attached hydrogen (secondary N) is 1. The summed E-state index contributed by atoms with van der Waals surface area (Å²) < 4.78 is 0. The summed E-state index contributed by atoms with van der Waals surface area (Å²) in [6, 6.07) is 1.75. The molecular weight excluding hydrogens is 166 g/mol. The van der Waals surface area contributed by atoms with Crippen LogP contribution in [0.4, 0.5) is 5.69 Å². The van der Waals surface area contributed by atoms with Gasteiger partial charge in [-0.3, -0.25) is 4.79 Å². The van der Waals surface area contributed by atoms with Crippen molar-refractivity contribution >= 4 is 22.5 Å². The first-order valence-electron chi connectivity index (χ1n) is 3.92. The van der Waals surface area contributed by atoms with Crippen LogP contribution in [0.25, 0.3) is 11.0 Å². The van der Waals surface area contributed by atoms with E-state index in [1.54, 1.807) is 18.5 Å². The molecule has 2 aromatic heterocycles. The number of fused-ring (bicyclic) bond motifs is 1. The Bertz CT molecular complexity index is 473. The number of aromatic amines is 1. The first-order chi connectivity index (χ1) is 6.18. The van der Waals surface area contributed by atoms with E-state index in [2.05, 4.69) is 9.97 Å². The third kappa shape index (κ3) is 1.16. The van der Waals surface area contributed by atoms with Crippen LogP contribution in [0.3, 0.4) is 0 Å². The maximum absolute atomic E-state index is 11.1. The fourth-order valence-electron chi connectivity index (χ4n) is 1.31. The van der Waals surface area contributed by atoms with Gasteiger partial charge >= 0.3 is 0 Å². The number of anilines is 1. The second-order valence-electron chi connectivity index (χ2n) is 2.92. The molecular formula is C9H9N3O. The number of ketones is 1. The lowest BCUT2D eigenvalue weighted by molar-refractivity contribution is 0.101. The molecule has 0 amide bonds. The van der Waals surface area contributed by atoms with E-state index < -0.39 is 0 Å². The Morgan fingerprint density at radius 3 is 3.08 bits per heavy atom. The number of nitrogen functional groups attached to an aromatic ring is 1. The Balaban J connectivity index is 2.79. The van der Waals surface area contributed by atoms with Crippen molar-refractivity contribution in [3.63, 3.8) is 0 Å². The molecule has 0 saturated carbocycles. The summed E-state index contributed by atoms with van der Waals surface area (Å²) in [5.74, 6) is 0.0126. The molecule has 2 aromatic rings. The Kier molecular flexibility index (Phi) is 1.55. The predicted molar refractivity (Wildman–Crippen MR) is 50.5 cm³/mol. The molecule has 2 heterocycles. The van der Waals surface area contributed by atoms with Crippen molar-refractivity contribution in [3.8, 4) is 0 Å². The summed E-state index contributed by atoms with van der Waals surface area (Å²) >= 11 is 0. The lowest BCUT2D eigenvalue weighted by Gasteiger charge is -1.94. The van der Waals surface area contributed by atoms with Gasteiger partial charge in [-0.2, -0.15) is 0 Å². The maximum atomic E-state index is 11.1. The molecule has 4 nitrogen and oxygen atoms in total. The van der Waals surface area contributed by atoms with Crippen LogP contribution in [0.15, 0.2) is 18.5 Å². The van der Waals surface area contributed by atoms with Gasteiger partial charge in [0, 0.05) is 17.1 Å². The minimum absolute atomic E-state index is 0.0126. The predicted octanol–water partition coefficient (Wildman–Crippen LogP) is 1.35. The molecule has 13 heavy (non-hydrogen) atoms. The molecule has 0 radical (unpaired) electrons. The quantitative estimate of drug-likeness (QED) is 0.642. The van der Waals surface area contributed by atoms with Crippen molar-refractivity contribution < 1.29 is 4.79 Å².